The van der Waals surface area contributed by atoms with Gasteiger partial charge in [0, 0.05) is 32.5 Å². The van der Waals surface area contributed by atoms with Crippen molar-refractivity contribution in [2.45, 2.75) is 37.8 Å². The summed E-state index contributed by atoms with van der Waals surface area (Å²) in [6.07, 6.45) is 9.33. The topological polar surface area (TPSA) is 100 Å². The minimum atomic E-state index is -1.00. The van der Waals surface area contributed by atoms with Gasteiger partial charge in [-0.15, -0.1) is 0 Å². The van der Waals surface area contributed by atoms with E-state index in [1.807, 2.05) is 4.90 Å². The predicted octanol–water partition coefficient (Wildman–Crippen LogP) is 0.293. The molecule has 0 aliphatic carbocycles. The van der Waals surface area contributed by atoms with Gasteiger partial charge in [0.2, 0.25) is 5.91 Å². The zero-order valence-electron chi connectivity index (χ0n) is 15.4. The van der Waals surface area contributed by atoms with E-state index in [9.17, 15) is 9.90 Å². The van der Waals surface area contributed by atoms with Crippen LogP contribution in [0.5, 0.6) is 0 Å². The van der Waals surface area contributed by atoms with Crippen LogP contribution in [-0.2, 0) is 10.3 Å². The number of aromatic nitrogens is 5. The average Bonchev–Trinajstić information content (AvgIpc) is 3.17. The number of β-amino-alcohol motifs (C(OH)–C–C–N with tert-alkyl or cyclic N) is 1. The first-order valence-electron chi connectivity index (χ1n) is 8.66. The maximum Gasteiger partial charge on any atom is 0.249 e. The number of carbonyl (C=O) groups is 1. The van der Waals surface area contributed by atoms with Crippen molar-refractivity contribution in [2.75, 3.05) is 31.6 Å². The molecule has 2 aromatic rings. The van der Waals surface area contributed by atoms with Gasteiger partial charge >= 0.3 is 0 Å². The number of amides is 1. The van der Waals surface area contributed by atoms with Crippen molar-refractivity contribution in [1.82, 2.24) is 29.6 Å². The number of piperidine rings is 1. The lowest BCUT2D eigenvalue weighted by atomic mass is 9.91. The normalized spacial score (nSPS) is 20.8. The van der Waals surface area contributed by atoms with Crippen molar-refractivity contribution in [3.63, 3.8) is 0 Å². The Balaban J connectivity index is 1.69. The number of nitrogens with zero attached hydrogens (tertiary/aromatic N) is 7. The van der Waals surface area contributed by atoms with Gasteiger partial charge in [0.1, 0.15) is 24.0 Å². The Morgan fingerprint density at radius 2 is 2.19 bits per heavy atom. The summed E-state index contributed by atoms with van der Waals surface area (Å²) in [5, 5.41) is 15.2. The van der Waals surface area contributed by atoms with Crippen LogP contribution in [0.25, 0.3) is 0 Å². The lowest BCUT2D eigenvalue weighted by Crippen LogP contribution is -2.57. The number of hydrogen-bond donors (Lipinski definition) is 1. The van der Waals surface area contributed by atoms with E-state index in [0.717, 1.165) is 18.8 Å². The minimum absolute atomic E-state index is 0.131. The highest BCUT2D eigenvalue weighted by Gasteiger charge is 2.39. The number of anilines is 1. The predicted molar refractivity (Wildman–Crippen MR) is 95.4 cm³/mol. The van der Waals surface area contributed by atoms with Crippen LogP contribution in [-0.4, -0.2) is 72.9 Å². The number of rotatable bonds is 5. The van der Waals surface area contributed by atoms with Gasteiger partial charge in [0.05, 0.1) is 18.3 Å². The van der Waals surface area contributed by atoms with E-state index in [4.69, 9.17) is 0 Å². The third kappa shape index (κ3) is 3.67. The van der Waals surface area contributed by atoms with E-state index < -0.39 is 11.1 Å². The van der Waals surface area contributed by atoms with Crippen molar-refractivity contribution >= 4 is 11.7 Å². The molecule has 0 unspecified atom stereocenters. The fraction of sp³-hybridized carbons (Fsp3) is 0.588. The molecule has 1 N–H and O–H groups in total. The Labute approximate surface area is 152 Å². The molecule has 26 heavy (non-hydrogen) atoms. The molecule has 9 heteroatoms. The summed E-state index contributed by atoms with van der Waals surface area (Å²) in [7, 11) is 1.71. The molecule has 0 radical (unpaired) electrons. The maximum atomic E-state index is 12.9. The SMILES string of the molecule is CN(C[C@]1(O)CCCN(c2cnccn2)C1)C(=O)C(C)(C)n1cncn1. The van der Waals surface area contributed by atoms with Crippen LogP contribution in [0.4, 0.5) is 5.82 Å². The summed E-state index contributed by atoms with van der Waals surface area (Å²) in [6.45, 7) is 5.03. The fourth-order valence-corrected chi connectivity index (χ4v) is 3.47. The zero-order chi connectivity index (χ0) is 18.8. The molecule has 1 amide bonds. The summed E-state index contributed by atoms with van der Waals surface area (Å²) in [5.74, 6) is 0.607. The molecular weight excluding hydrogens is 334 g/mol. The molecule has 2 aromatic heterocycles. The van der Waals surface area contributed by atoms with E-state index in [2.05, 4.69) is 20.1 Å². The van der Waals surface area contributed by atoms with Gasteiger partial charge in [-0.25, -0.2) is 14.6 Å². The first kappa shape index (κ1) is 18.2. The van der Waals surface area contributed by atoms with Crippen molar-refractivity contribution in [2.24, 2.45) is 0 Å². The van der Waals surface area contributed by atoms with Crippen molar-refractivity contribution in [3.05, 3.63) is 31.2 Å². The van der Waals surface area contributed by atoms with Crippen LogP contribution in [0.3, 0.4) is 0 Å². The lowest BCUT2D eigenvalue weighted by molar-refractivity contribution is -0.142. The van der Waals surface area contributed by atoms with Gasteiger partial charge in [0.15, 0.2) is 0 Å². The first-order valence-corrected chi connectivity index (χ1v) is 8.66. The van der Waals surface area contributed by atoms with E-state index in [0.29, 0.717) is 13.0 Å². The van der Waals surface area contributed by atoms with Crippen LogP contribution in [0, 0.1) is 0 Å². The Morgan fingerprint density at radius 1 is 1.38 bits per heavy atom. The molecular formula is C17H25N7O2. The second kappa shape index (κ2) is 6.99. The number of likely N-dealkylation sites (N-methyl/N-ethyl adjacent to an activating group) is 1. The largest absolute Gasteiger partial charge is 0.386 e. The minimum Gasteiger partial charge on any atom is -0.386 e. The summed E-state index contributed by atoms with van der Waals surface area (Å²) in [5.41, 5.74) is -1.88. The van der Waals surface area contributed by atoms with Crippen LogP contribution in [0.15, 0.2) is 31.2 Å². The second-order valence-corrected chi connectivity index (χ2v) is 7.37. The molecule has 1 aliphatic rings. The molecule has 1 aliphatic heterocycles. The van der Waals surface area contributed by atoms with Gasteiger partial charge < -0.3 is 14.9 Å². The van der Waals surface area contributed by atoms with Gasteiger partial charge in [-0.05, 0) is 26.7 Å². The highest BCUT2D eigenvalue weighted by molar-refractivity contribution is 5.83. The zero-order valence-corrected chi connectivity index (χ0v) is 15.4. The van der Waals surface area contributed by atoms with Crippen LogP contribution in [0.2, 0.25) is 0 Å². The lowest BCUT2D eigenvalue weighted by Gasteiger charge is -2.42. The van der Waals surface area contributed by atoms with Crippen molar-refractivity contribution < 1.29 is 9.90 Å². The summed E-state index contributed by atoms with van der Waals surface area (Å²) in [6, 6.07) is 0. The summed E-state index contributed by atoms with van der Waals surface area (Å²) >= 11 is 0. The Morgan fingerprint density at radius 3 is 2.85 bits per heavy atom. The molecule has 3 heterocycles. The third-order valence-electron chi connectivity index (χ3n) is 4.82. The van der Waals surface area contributed by atoms with Gasteiger partial charge in [-0.3, -0.25) is 9.78 Å². The molecule has 0 bridgehead atoms. The molecule has 140 valence electrons. The van der Waals surface area contributed by atoms with E-state index >= 15 is 0 Å². The molecule has 1 saturated heterocycles. The highest BCUT2D eigenvalue weighted by Crippen LogP contribution is 2.26. The van der Waals surface area contributed by atoms with Gasteiger partial charge in [-0.2, -0.15) is 5.10 Å². The molecule has 9 nitrogen and oxygen atoms in total. The molecule has 0 saturated carbocycles. The molecule has 1 atom stereocenters. The summed E-state index contributed by atoms with van der Waals surface area (Å²) in [4.78, 5) is 28.8. The Bertz CT molecular complexity index is 735. The quantitative estimate of drug-likeness (QED) is 0.819. The standard InChI is InChI=1S/C17H25N7O2/c1-16(2,24-13-19-12-21-24)15(25)22(3)10-17(26)5-4-8-23(11-17)14-9-18-6-7-20-14/h6-7,9,12-13,26H,4-5,8,10-11H2,1-3H3/t17-/m1/s1. The Hall–Kier alpha value is -2.55. The van der Waals surface area contributed by atoms with E-state index in [1.54, 1.807) is 44.4 Å². The second-order valence-electron chi connectivity index (χ2n) is 7.37. The fourth-order valence-electron chi connectivity index (χ4n) is 3.47. The number of carbonyl (C=O) groups excluding carboxylic acids is 1. The Kier molecular flexibility index (Phi) is 4.90. The van der Waals surface area contributed by atoms with Gasteiger partial charge in [-0.1, -0.05) is 0 Å². The van der Waals surface area contributed by atoms with Crippen molar-refractivity contribution in [3.8, 4) is 0 Å². The van der Waals surface area contributed by atoms with Crippen LogP contribution in [0.1, 0.15) is 26.7 Å². The molecule has 0 aromatic carbocycles. The summed E-state index contributed by atoms with van der Waals surface area (Å²) < 4.78 is 1.53. The van der Waals surface area contributed by atoms with Gasteiger partial charge in [0.25, 0.3) is 0 Å². The highest BCUT2D eigenvalue weighted by atomic mass is 16.3. The van der Waals surface area contributed by atoms with E-state index in [-0.39, 0.29) is 12.5 Å². The van der Waals surface area contributed by atoms with Crippen LogP contribution >= 0.6 is 0 Å². The first-order chi connectivity index (χ1) is 12.3. The monoisotopic (exact) mass is 359 g/mol. The molecule has 3 rings (SSSR count). The number of aliphatic hydroxyl groups is 1. The smallest absolute Gasteiger partial charge is 0.249 e. The van der Waals surface area contributed by atoms with Crippen molar-refractivity contribution in [1.29, 1.82) is 0 Å². The number of hydrogen-bond acceptors (Lipinski definition) is 7. The van der Waals surface area contributed by atoms with Crippen LogP contribution < -0.4 is 4.90 Å². The molecule has 0 spiro atoms. The third-order valence-corrected chi connectivity index (χ3v) is 4.82. The average molecular weight is 359 g/mol. The molecule has 1 fully saturated rings. The van der Waals surface area contributed by atoms with E-state index in [1.165, 1.54) is 17.3 Å². The maximum absolute atomic E-state index is 12.9.